The molecule has 0 atom stereocenters. The van der Waals surface area contributed by atoms with E-state index in [9.17, 15) is 9.90 Å². The van der Waals surface area contributed by atoms with Crippen molar-refractivity contribution < 1.29 is 9.90 Å². The lowest BCUT2D eigenvalue weighted by atomic mass is 9.98. The summed E-state index contributed by atoms with van der Waals surface area (Å²) in [6.07, 6.45) is 1.84. The highest BCUT2D eigenvalue weighted by atomic mass is 16.3. The molecular weight excluding hydrogens is 228 g/mol. The summed E-state index contributed by atoms with van der Waals surface area (Å²) >= 11 is 0. The van der Waals surface area contributed by atoms with Crippen LogP contribution in [-0.2, 0) is 11.2 Å². The first-order valence-electron chi connectivity index (χ1n) is 6.14. The summed E-state index contributed by atoms with van der Waals surface area (Å²) in [5, 5.41) is 18.1. The molecule has 1 heterocycles. The molecule has 2 rings (SSSR count). The van der Waals surface area contributed by atoms with Crippen LogP contribution >= 0.6 is 0 Å². The van der Waals surface area contributed by atoms with E-state index in [-0.39, 0.29) is 17.6 Å². The summed E-state index contributed by atoms with van der Waals surface area (Å²) in [5.74, 6) is 0.343. The van der Waals surface area contributed by atoms with Gasteiger partial charge in [0.2, 0.25) is 5.91 Å². The molecule has 0 bridgehead atoms. The fourth-order valence-corrected chi connectivity index (χ4v) is 2.21. The Morgan fingerprint density at radius 2 is 2.17 bits per heavy atom. The maximum absolute atomic E-state index is 12.0. The van der Waals surface area contributed by atoms with Crippen molar-refractivity contribution in [3.05, 3.63) is 29.8 Å². The van der Waals surface area contributed by atoms with Gasteiger partial charge in [-0.1, -0.05) is 12.1 Å². The van der Waals surface area contributed by atoms with Crippen LogP contribution in [0.3, 0.4) is 0 Å². The number of nitriles is 1. The lowest BCUT2D eigenvalue weighted by Crippen LogP contribution is -2.39. The van der Waals surface area contributed by atoms with E-state index < -0.39 is 0 Å². The molecule has 0 unspecified atom stereocenters. The van der Waals surface area contributed by atoms with Gasteiger partial charge < -0.3 is 10.0 Å². The lowest BCUT2D eigenvalue weighted by Gasteiger charge is -2.29. The Bertz CT molecular complexity index is 471. The summed E-state index contributed by atoms with van der Waals surface area (Å²) in [4.78, 5) is 13.8. The van der Waals surface area contributed by atoms with Gasteiger partial charge in [0, 0.05) is 19.0 Å². The molecular formula is C14H16N2O2. The Labute approximate surface area is 106 Å². The van der Waals surface area contributed by atoms with E-state index >= 15 is 0 Å². The molecule has 0 saturated carbocycles. The zero-order valence-electron chi connectivity index (χ0n) is 10.2. The first kappa shape index (κ1) is 12.4. The van der Waals surface area contributed by atoms with Crippen LogP contribution in [0.25, 0.3) is 0 Å². The van der Waals surface area contributed by atoms with Gasteiger partial charge in [0.05, 0.1) is 12.5 Å². The molecule has 1 aromatic carbocycles. The number of rotatable bonds is 2. The molecule has 1 fully saturated rings. The van der Waals surface area contributed by atoms with E-state index in [2.05, 4.69) is 6.07 Å². The highest BCUT2D eigenvalue weighted by Gasteiger charge is 2.22. The fourth-order valence-electron chi connectivity index (χ4n) is 2.21. The lowest BCUT2D eigenvalue weighted by molar-refractivity contribution is -0.131. The van der Waals surface area contributed by atoms with E-state index in [1.54, 1.807) is 23.1 Å². The molecule has 1 amide bonds. The third kappa shape index (κ3) is 3.01. The van der Waals surface area contributed by atoms with Crippen molar-refractivity contribution in [1.29, 1.82) is 5.26 Å². The fraction of sp³-hybridized carbons (Fsp3) is 0.429. The molecule has 18 heavy (non-hydrogen) atoms. The SMILES string of the molecule is N#CC1CCN(C(=O)Cc2cccc(O)c2)CC1. The molecule has 94 valence electrons. The minimum Gasteiger partial charge on any atom is -0.508 e. The second-order valence-corrected chi connectivity index (χ2v) is 4.63. The van der Waals surface area contributed by atoms with Crippen molar-refractivity contribution in [2.24, 2.45) is 5.92 Å². The summed E-state index contributed by atoms with van der Waals surface area (Å²) in [5.41, 5.74) is 0.822. The minimum atomic E-state index is 0.0667. The van der Waals surface area contributed by atoms with Gasteiger partial charge in [-0.05, 0) is 30.5 Å². The Balaban J connectivity index is 1.91. The van der Waals surface area contributed by atoms with Crippen molar-refractivity contribution in [2.45, 2.75) is 19.3 Å². The second kappa shape index (κ2) is 5.54. The van der Waals surface area contributed by atoms with Crippen molar-refractivity contribution in [2.75, 3.05) is 13.1 Å². The number of carbonyl (C=O) groups excluding carboxylic acids is 1. The van der Waals surface area contributed by atoms with E-state index in [0.29, 0.717) is 19.5 Å². The van der Waals surface area contributed by atoms with Crippen LogP contribution in [0.1, 0.15) is 18.4 Å². The van der Waals surface area contributed by atoms with E-state index in [1.807, 2.05) is 6.07 Å². The summed E-state index contributed by atoms with van der Waals surface area (Å²) in [7, 11) is 0. The normalized spacial score (nSPS) is 16.3. The summed E-state index contributed by atoms with van der Waals surface area (Å²) < 4.78 is 0. The number of phenolic OH excluding ortho intramolecular Hbond substituents is 1. The van der Waals surface area contributed by atoms with Crippen molar-refractivity contribution in [1.82, 2.24) is 4.90 Å². The minimum absolute atomic E-state index is 0.0667. The third-order valence-electron chi connectivity index (χ3n) is 3.30. The molecule has 0 aromatic heterocycles. The number of phenols is 1. The average molecular weight is 244 g/mol. The van der Waals surface area contributed by atoms with Crippen LogP contribution in [0, 0.1) is 17.2 Å². The molecule has 1 aliphatic rings. The number of benzene rings is 1. The topological polar surface area (TPSA) is 64.3 Å². The smallest absolute Gasteiger partial charge is 0.226 e. The zero-order chi connectivity index (χ0) is 13.0. The quantitative estimate of drug-likeness (QED) is 0.861. The molecule has 1 N–H and O–H groups in total. The number of likely N-dealkylation sites (tertiary alicyclic amines) is 1. The number of carbonyl (C=O) groups is 1. The molecule has 0 aliphatic carbocycles. The van der Waals surface area contributed by atoms with Gasteiger partial charge in [-0.2, -0.15) is 5.26 Å². The number of hydrogen-bond donors (Lipinski definition) is 1. The highest BCUT2D eigenvalue weighted by Crippen LogP contribution is 2.18. The van der Waals surface area contributed by atoms with Crippen LogP contribution in [-0.4, -0.2) is 29.0 Å². The Kier molecular flexibility index (Phi) is 3.83. The Hall–Kier alpha value is -2.02. The predicted octanol–water partition coefficient (Wildman–Crippen LogP) is 1.70. The van der Waals surface area contributed by atoms with Crippen molar-refractivity contribution in [3.8, 4) is 11.8 Å². The molecule has 1 saturated heterocycles. The van der Waals surface area contributed by atoms with Crippen molar-refractivity contribution >= 4 is 5.91 Å². The van der Waals surface area contributed by atoms with E-state index in [1.165, 1.54) is 0 Å². The van der Waals surface area contributed by atoms with Gasteiger partial charge in [0.25, 0.3) is 0 Å². The van der Waals surface area contributed by atoms with Crippen molar-refractivity contribution in [3.63, 3.8) is 0 Å². The standard InChI is InChI=1S/C14H16N2O2/c15-10-11-4-6-16(7-5-11)14(18)9-12-2-1-3-13(17)8-12/h1-3,8,11,17H,4-7,9H2. The van der Waals surface area contributed by atoms with Gasteiger partial charge in [-0.3, -0.25) is 4.79 Å². The van der Waals surface area contributed by atoms with Crippen LogP contribution in [0.4, 0.5) is 0 Å². The number of hydrogen-bond acceptors (Lipinski definition) is 3. The third-order valence-corrected chi connectivity index (χ3v) is 3.30. The van der Waals surface area contributed by atoms with Crippen LogP contribution in [0.15, 0.2) is 24.3 Å². The first-order chi connectivity index (χ1) is 8.69. The highest BCUT2D eigenvalue weighted by molar-refractivity contribution is 5.79. The maximum atomic E-state index is 12.0. The summed E-state index contributed by atoms with van der Waals surface area (Å²) in [6, 6.07) is 9.02. The zero-order valence-corrected chi connectivity index (χ0v) is 10.2. The van der Waals surface area contributed by atoms with Gasteiger partial charge >= 0.3 is 0 Å². The molecule has 4 heteroatoms. The molecule has 4 nitrogen and oxygen atoms in total. The van der Waals surface area contributed by atoms with Gasteiger partial charge in [0.15, 0.2) is 0 Å². The predicted molar refractivity (Wildman–Crippen MR) is 66.7 cm³/mol. The summed E-state index contributed by atoms with van der Waals surface area (Å²) in [6.45, 7) is 1.33. The van der Waals surface area contributed by atoms with Crippen LogP contribution in [0.2, 0.25) is 0 Å². The maximum Gasteiger partial charge on any atom is 0.226 e. The van der Waals surface area contributed by atoms with Gasteiger partial charge in [-0.25, -0.2) is 0 Å². The molecule has 1 aliphatic heterocycles. The van der Waals surface area contributed by atoms with Crippen LogP contribution in [0.5, 0.6) is 5.75 Å². The molecule has 0 spiro atoms. The number of piperidine rings is 1. The second-order valence-electron chi connectivity index (χ2n) is 4.63. The van der Waals surface area contributed by atoms with E-state index in [4.69, 9.17) is 5.26 Å². The first-order valence-corrected chi connectivity index (χ1v) is 6.14. The Morgan fingerprint density at radius 1 is 1.44 bits per heavy atom. The Morgan fingerprint density at radius 3 is 2.78 bits per heavy atom. The monoisotopic (exact) mass is 244 g/mol. The van der Waals surface area contributed by atoms with Gasteiger partial charge in [0.1, 0.15) is 5.75 Å². The average Bonchev–Trinajstić information content (AvgIpc) is 2.39. The van der Waals surface area contributed by atoms with Gasteiger partial charge in [-0.15, -0.1) is 0 Å². The largest absolute Gasteiger partial charge is 0.508 e. The van der Waals surface area contributed by atoms with E-state index in [0.717, 1.165) is 18.4 Å². The number of amides is 1. The molecule has 0 radical (unpaired) electrons. The van der Waals surface area contributed by atoms with Crippen LogP contribution < -0.4 is 0 Å². The number of nitrogens with zero attached hydrogens (tertiary/aromatic N) is 2. The number of aromatic hydroxyl groups is 1. The molecule has 1 aromatic rings.